The van der Waals surface area contributed by atoms with E-state index in [2.05, 4.69) is 39.6 Å². The lowest BCUT2D eigenvalue weighted by Gasteiger charge is -2.01. The zero-order valence-corrected chi connectivity index (χ0v) is 8.26. The lowest BCUT2D eigenvalue weighted by atomic mass is 10.1. The summed E-state index contributed by atoms with van der Waals surface area (Å²) in [6.07, 6.45) is 3.91. The summed E-state index contributed by atoms with van der Waals surface area (Å²) >= 11 is 0. The summed E-state index contributed by atoms with van der Waals surface area (Å²) in [4.78, 5) is 4.20. The molecule has 0 radical (unpaired) electrons. The number of aliphatic imine (C=N–C) groups is 1. The van der Waals surface area contributed by atoms with Crippen LogP contribution in [-0.4, -0.2) is 6.21 Å². The number of nitrogens with zero attached hydrogens (tertiary/aromatic N) is 1. The molecule has 64 valence electrons. The molecule has 0 aromatic rings. The maximum atomic E-state index is 4.20. The Kier molecular flexibility index (Phi) is 4.84. The van der Waals surface area contributed by atoms with Gasteiger partial charge in [-0.3, -0.25) is 4.99 Å². The average Bonchev–Trinajstić information content (AvgIpc) is 1.86. The molecule has 0 aliphatic heterocycles. The normalized spacial score (nSPS) is 13.9. The molecule has 0 aromatic carbocycles. The minimum atomic E-state index is 0.547. The molecule has 0 N–H and O–H groups in total. The third kappa shape index (κ3) is 5.84. The first kappa shape index (κ1) is 10.4. The van der Waals surface area contributed by atoms with E-state index < -0.39 is 0 Å². The molecule has 0 atom stereocenters. The van der Waals surface area contributed by atoms with Crippen molar-refractivity contribution >= 4 is 6.21 Å². The number of rotatable bonds is 3. The van der Waals surface area contributed by atoms with E-state index in [-0.39, 0.29) is 0 Å². The summed E-state index contributed by atoms with van der Waals surface area (Å²) in [5.41, 5.74) is 1.34. The molecule has 0 spiro atoms. The minimum absolute atomic E-state index is 0.547. The highest BCUT2D eigenvalue weighted by Crippen LogP contribution is 2.07. The maximum Gasteiger partial charge on any atom is 0.0255 e. The first-order valence-electron chi connectivity index (χ1n) is 4.24. The van der Waals surface area contributed by atoms with E-state index in [0.29, 0.717) is 11.8 Å². The number of allylic oxidation sites excluding steroid dienone is 1. The van der Waals surface area contributed by atoms with Gasteiger partial charge in [-0.1, -0.05) is 33.3 Å². The summed E-state index contributed by atoms with van der Waals surface area (Å²) in [7, 11) is 0. The first-order valence-corrected chi connectivity index (χ1v) is 4.24. The second-order valence-electron chi connectivity index (χ2n) is 3.57. The molecule has 0 saturated heterocycles. The van der Waals surface area contributed by atoms with E-state index in [1.54, 1.807) is 0 Å². The van der Waals surface area contributed by atoms with E-state index in [1.807, 2.05) is 12.4 Å². The van der Waals surface area contributed by atoms with E-state index >= 15 is 0 Å². The van der Waals surface area contributed by atoms with Crippen molar-refractivity contribution in [1.29, 1.82) is 0 Å². The van der Waals surface area contributed by atoms with Gasteiger partial charge in [-0.25, -0.2) is 0 Å². The lowest BCUT2D eigenvalue weighted by molar-refractivity contribution is 0.765. The zero-order chi connectivity index (χ0) is 8.85. The minimum Gasteiger partial charge on any atom is -0.269 e. The zero-order valence-electron chi connectivity index (χ0n) is 8.26. The Labute approximate surface area is 70.2 Å². The standard InChI is InChI=1S/C10H19N/c1-8(2)6-11-7-10(5)9(3)4/h6-9H,1-5H3/b10-7+,11-6?. The van der Waals surface area contributed by atoms with Crippen LogP contribution < -0.4 is 0 Å². The van der Waals surface area contributed by atoms with Crippen LogP contribution in [0, 0.1) is 11.8 Å². The van der Waals surface area contributed by atoms with Gasteiger partial charge in [0.15, 0.2) is 0 Å². The van der Waals surface area contributed by atoms with Crippen LogP contribution in [0.3, 0.4) is 0 Å². The van der Waals surface area contributed by atoms with Crippen LogP contribution in [0.25, 0.3) is 0 Å². The fourth-order valence-corrected chi connectivity index (χ4v) is 0.482. The molecule has 0 aliphatic rings. The van der Waals surface area contributed by atoms with Crippen molar-refractivity contribution in [3.63, 3.8) is 0 Å². The summed E-state index contributed by atoms with van der Waals surface area (Å²) < 4.78 is 0. The third-order valence-corrected chi connectivity index (χ3v) is 1.57. The Balaban J connectivity index is 3.91. The molecule has 0 saturated carbocycles. The molecule has 11 heavy (non-hydrogen) atoms. The SMILES string of the molecule is C/C(=C\N=CC(C)C)C(C)C. The van der Waals surface area contributed by atoms with Crippen molar-refractivity contribution in [2.24, 2.45) is 16.8 Å². The second-order valence-corrected chi connectivity index (χ2v) is 3.57. The first-order chi connectivity index (χ1) is 5.04. The number of hydrogen-bond donors (Lipinski definition) is 0. The predicted octanol–water partition coefficient (Wildman–Crippen LogP) is 3.27. The second kappa shape index (κ2) is 5.11. The molecule has 0 fully saturated rings. The summed E-state index contributed by atoms with van der Waals surface area (Å²) in [5.74, 6) is 1.16. The van der Waals surface area contributed by atoms with Gasteiger partial charge in [0.2, 0.25) is 0 Å². The van der Waals surface area contributed by atoms with Gasteiger partial charge in [-0.2, -0.15) is 0 Å². The summed E-state index contributed by atoms with van der Waals surface area (Å²) in [6.45, 7) is 10.7. The van der Waals surface area contributed by atoms with Gasteiger partial charge >= 0.3 is 0 Å². The van der Waals surface area contributed by atoms with E-state index in [4.69, 9.17) is 0 Å². The van der Waals surface area contributed by atoms with Crippen LogP contribution in [0.4, 0.5) is 0 Å². The molecule has 1 nitrogen and oxygen atoms in total. The van der Waals surface area contributed by atoms with Crippen LogP contribution in [0.2, 0.25) is 0 Å². The highest BCUT2D eigenvalue weighted by Gasteiger charge is 1.93. The van der Waals surface area contributed by atoms with Crippen LogP contribution in [0.15, 0.2) is 16.8 Å². The smallest absolute Gasteiger partial charge is 0.0255 e. The Hall–Kier alpha value is -0.590. The van der Waals surface area contributed by atoms with Crippen LogP contribution in [0.5, 0.6) is 0 Å². The maximum absolute atomic E-state index is 4.20. The molecule has 0 aromatic heterocycles. The van der Waals surface area contributed by atoms with Crippen molar-refractivity contribution in [2.75, 3.05) is 0 Å². The molecule has 0 aliphatic carbocycles. The molecule has 0 rings (SSSR count). The lowest BCUT2D eigenvalue weighted by Crippen LogP contribution is -1.89. The number of hydrogen-bond acceptors (Lipinski definition) is 1. The van der Waals surface area contributed by atoms with Crippen molar-refractivity contribution < 1.29 is 0 Å². The topological polar surface area (TPSA) is 12.4 Å². The molecular weight excluding hydrogens is 134 g/mol. The van der Waals surface area contributed by atoms with Gasteiger partial charge in [0.25, 0.3) is 0 Å². The van der Waals surface area contributed by atoms with Crippen molar-refractivity contribution in [3.05, 3.63) is 11.8 Å². The fourth-order valence-electron chi connectivity index (χ4n) is 0.482. The van der Waals surface area contributed by atoms with E-state index in [0.717, 1.165) is 0 Å². The molecule has 0 bridgehead atoms. The molecular formula is C10H19N. The Bertz CT molecular complexity index is 152. The highest BCUT2D eigenvalue weighted by molar-refractivity contribution is 5.60. The van der Waals surface area contributed by atoms with Gasteiger partial charge in [0, 0.05) is 12.4 Å². The van der Waals surface area contributed by atoms with Crippen molar-refractivity contribution in [2.45, 2.75) is 34.6 Å². The summed E-state index contributed by atoms with van der Waals surface area (Å²) in [5, 5.41) is 0. The van der Waals surface area contributed by atoms with Crippen LogP contribution >= 0.6 is 0 Å². The Morgan fingerprint density at radius 3 is 2.09 bits per heavy atom. The van der Waals surface area contributed by atoms with Crippen molar-refractivity contribution in [3.8, 4) is 0 Å². The van der Waals surface area contributed by atoms with Gasteiger partial charge in [-0.05, 0) is 18.8 Å². The Morgan fingerprint density at radius 2 is 1.73 bits per heavy atom. The predicted molar refractivity (Wildman–Crippen MR) is 51.9 cm³/mol. The highest BCUT2D eigenvalue weighted by atomic mass is 14.7. The fraction of sp³-hybridized carbons (Fsp3) is 0.700. The monoisotopic (exact) mass is 153 g/mol. The largest absolute Gasteiger partial charge is 0.269 e. The molecule has 1 heteroatoms. The van der Waals surface area contributed by atoms with E-state index in [9.17, 15) is 0 Å². The average molecular weight is 153 g/mol. The Morgan fingerprint density at radius 1 is 1.18 bits per heavy atom. The van der Waals surface area contributed by atoms with Gasteiger partial charge in [0.1, 0.15) is 0 Å². The molecule has 0 amide bonds. The van der Waals surface area contributed by atoms with Crippen LogP contribution in [0.1, 0.15) is 34.6 Å². The van der Waals surface area contributed by atoms with Crippen LogP contribution in [-0.2, 0) is 0 Å². The van der Waals surface area contributed by atoms with Crippen molar-refractivity contribution in [1.82, 2.24) is 0 Å². The van der Waals surface area contributed by atoms with Gasteiger partial charge in [0.05, 0.1) is 0 Å². The third-order valence-electron chi connectivity index (χ3n) is 1.57. The quantitative estimate of drug-likeness (QED) is 0.552. The van der Waals surface area contributed by atoms with Gasteiger partial charge in [-0.15, -0.1) is 0 Å². The molecule has 0 heterocycles. The summed E-state index contributed by atoms with van der Waals surface area (Å²) in [6, 6.07) is 0. The molecule has 0 unspecified atom stereocenters. The van der Waals surface area contributed by atoms with Gasteiger partial charge < -0.3 is 0 Å². The van der Waals surface area contributed by atoms with E-state index in [1.165, 1.54) is 5.57 Å².